The Morgan fingerprint density at radius 3 is 2.73 bits per heavy atom. The summed E-state index contributed by atoms with van der Waals surface area (Å²) < 4.78 is 10.5. The summed E-state index contributed by atoms with van der Waals surface area (Å²) in [5, 5.41) is 0. The lowest BCUT2D eigenvalue weighted by Crippen LogP contribution is -2.41. The van der Waals surface area contributed by atoms with Crippen LogP contribution in [0.5, 0.6) is 0 Å². The molecule has 0 bridgehead atoms. The van der Waals surface area contributed by atoms with Gasteiger partial charge in [-0.15, -0.1) is 0 Å². The van der Waals surface area contributed by atoms with Crippen molar-refractivity contribution in [2.24, 2.45) is 0 Å². The van der Waals surface area contributed by atoms with Crippen LogP contribution >= 0.6 is 0 Å². The fourth-order valence-electron chi connectivity index (χ4n) is 1.49. The number of ether oxygens (including phenoxy) is 2. The fraction of sp³-hybridized carbons (Fsp3) is 0.417. The molecule has 0 unspecified atom stereocenters. The molecule has 0 aliphatic carbocycles. The maximum atomic E-state index is 10.6. The number of carbonyl (C=O) groups is 1. The van der Waals surface area contributed by atoms with Crippen molar-refractivity contribution in [1.82, 2.24) is 0 Å². The zero-order valence-electron chi connectivity index (χ0n) is 8.68. The van der Waals surface area contributed by atoms with E-state index in [4.69, 9.17) is 9.47 Å². The summed E-state index contributed by atoms with van der Waals surface area (Å²) in [6, 6.07) is 9.96. The van der Waals surface area contributed by atoms with Gasteiger partial charge in [-0.2, -0.15) is 0 Å². The highest BCUT2D eigenvalue weighted by atomic mass is 16.6. The summed E-state index contributed by atoms with van der Waals surface area (Å²) in [5.74, 6) is -0.129. The topological polar surface area (TPSA) is 35.5 Å². The molecule has 0 radical (unpaired) electrons. The Morgan fingerprint density at radius 1 is 1.47 bits per heavy atom. The second-order valence-corrected chi connectivity index (χ2v) is 3.73. The van der Waals surface area contributed by atoms with Crippen LogP contribution in [0.1, 0.15) is 18.9 Å². The molecule has 3 heteroatoms. The third-order valence-electron chi connectivity index (χ3n) is 2.53. The average Bonchev–Trinajstić information content (AvgIpc) is 2.23. The predicted octanol–water partition coefficient (Wildman–Crippen LogP) is 1.91. The van der Waals surface area contributed by atoms with Crippen molar-refractivity contribution in [1.29, 1.82) is 0 Å². The second kappa shape index (κ2) is 4.45. The standard InChI is InChI=1S/C12H14O3/c1-9(11-7-12(13)15-11)14-8-10-5-3-2-4-6-10/h2-6,9,11H,7-8H2,1H3/t9-,11-/m1/s1. The van der Waals surface area contributed by atoms with Gasteiger partial charge in [0.15, 0.2) is 0 Å². The zero-order chi connectivity index (χ0) is 10.7. The van der Waals surface area contributed by atoms with E-state index in [-0.39, 0.29) is 18.2 Å². The maximum Gasteiger partial charge on any atom is 0.310 e. The van der Waals surface area contributed by atoms with Crippen LogP contribution in [-0.2, 0) is 20.9 Å². The third kappa shape index (κ3) is 2.57. The van der Waals surface area contributed by atoms with Crippen molar-refractivity contribution >= 4 is 5.97 Å². The van der Waals surface area contributed by atoms with Crippen LogP contribution in [0.15, 0.2) is 30.3 Å². The van der Waals surface area contributed by atoms with Crippen molar-refractivity contribution in [3.8, 4) is 0 Å². The van der Waals surface area contributed by atoms with Gasteiger partial charge in [0.25, 0.3) is 0 Å². The maximum absolute atomic E-state index is 10.6. The van der Waals surface area contributed by atoms with Crippen LogP contribution in [0.4, 0.5) is 0 Å². The molecule has 15 heavy (non-hydrogen) atoms. The lowest BCUT2D eigenvalue weighted by Gasteiger charge is -2.30. The van der Waals surface area contributed by atoms with Gasteiger partial charge >= 0.3 is 5.97 Å². The van der Waals surface area contributed by atoms with Gasteiger partial charge in [-0.25, -0.2) is 0 Å². The molecule has 80 valence electrons. The van der Waals surface area contributed by atoms with Gasteiger partial charge < -0.3 is 9.47 Å². The van der Waals surface area contributed by atoms with Crippen molar-refractivity contribution in [3.63, 3.8) is 0 Å². The summed E-state index contributed by atoms with van der Waals surface area (Å²) >= 11 is 0. The Morgan fingerprint density at radius 2 is 2.13 bits per heavy atom. The van der Waals surface area contributed by atoms with E-state index in [9.17, 15) is 4.79 Å². The van der Waals surface area contributed by atoms with Gasteiger partial charge in [0.05, 0.1) is 19.1 Å². The van der Waals surface area contributed by atoms with E-state index >= 15 is 0 Å². The normalized spacial score (nSPS) is 21.7. The van der Waals surface area contributed by atoms with E-state index in [0.29, 0.717) is 13.0 Å². The number of hydrogen-bond acceptors (Lipinski definition) is 3. The molecule has 1 aromatic rings. The Balaban J connectivity index is 1.76. The summed E-state index contributed by atoms with van der Waals surface area (Å²) in [6.07, 6.45) is 0.403. The molecule has 0 spiro atoms. The van der Waals surface area contributed by atoms with E-state index in [1.165, 1.54) is 0 Å². The van der Waals surface area contributed by atoms with Crippen LogP contribution in [0.2, 0.25) is 0 Å². The zero-order valence-corrected chi connectivity index (χ0v) is 8.68. The number of rotatable bonds is 4. The Kier molecular flexibility index (Phi) is 3.02. The molecule has 0 aromatic heterocycles. The lowest BCUT2D eigenvalue weighted by molar-refractivity contribution is -0.183. The molecular formula is C12H14O3. The minimum Gasteiger partial charge on any atom is -0.459 e. The molecule has 1 heterocycles. The largest absolute Gasteiger partial charge is 0.459 e. The van der Waals surface area contributed by atoms with Gasteiger partial charge in [-0.1, -0.05) is 30.3 Å². The lowest BCUT2D eigenvalue weighted by atomic mass is 10.1. The van der Waals surface area contributed by atoms with Crippen molar-refractivity contribution in [3.05, 3.63) is 35.9 Å². The second-order valence-electron chi connectivity index (χ2n) is 3.73. The highest BCUT2D eigenvalue weighted by Crippen LogP contribution is 2.19. The van der Waals surface area contributed by atoms with Crippen molar-refractivity contribution < 1.29 is 14.3 Å². The number of esters is 1. The number of benzene rings is 1. The fourth-order valence-corrected chi connectivity index (χ4v) is 1.49. The monoisotopic (exact) mass is 206 g/mol. The van der Waals surface area contributed by atoms with Crippen LogP contribution < -0.4 is 0 Å². The van der Waals surface area contributed by atoms with Crippen LogP contribution in [0.3, 0.4) is 0 Å². The molecule has 2 rings (SSSR count). The predicted molar refractivity (Wildman–Crippen MR) is 55.2 cm³/mol. The molecular weight excluding hydrogens is 192 g/mol. The van der Waals surface area contributed by atoms with Crippen molar-refractivity contribution in [2.45, 2.75) is 32.2 Å². The third-order valence-corrected chi connectivity index (χ3v) is 2.53. The number of cyclic esters (lactones) is 1. The van der Waals surface area contributed by atoms with E-state index in [2.05, 4.69) is 0 Å². The molecule has 3 nitrogen and oxygen atoms in total. The molecule has 1 aliphatic rings. The summed E-state index contributed by atoms with van der Waals surface area (Å²) in [4.78, 5) is 10.6. The highest BCUT2D eigenvalue weighted by Gasteiger charge is 2.33. The first kappa shape index (κ1) is 10.2. The van der Waals surface area contributed by atoms with Gasteiger partial charge in [0, 0.05) is 0 Å². The molecule has 0 saturated carbocycles. The molecule has 1 aliphatic heterocycles. The number of hydrogen-bond donors (Lipinski definition) is 0. The quantitative estimate of drug-likeness (QED) is 0.706. The molecule has 1 saturated heterocycles. The van der Waals surface area contributed by atoms with Gasteiger partial charge in [0.2, 0.25) is 0 Å². The van der Waals surface area contributed by atoms with E-state index in [1.54, 1.807) is 0 Å². The molecule has 2 atom stereocenters. The van der Waals surface area contributed by atoms with Gasteiger partial charge in [-0.05, 0) is 12.5 Å². The van der Waals surface area contributed by atoms with Crippen molar-refractivity contribution in [2.75, 3.05) is 0 Å². The summed E-state index contributed by atoms with van der Waals surface area (Å²) in [7, 11) is 0. The molecule has 0 N–H and O–H groups in total. The Labute approximate surface area is 89.0 Å². The van der Waals surface area contributed by atoms with Crippen LogP contribution in [0.25, 0.3) is 0 Å². The average molecular weight is 206 g/mol. The van der Waals surface area contributed by atoms with Gasteiger partial charge in [-0.3, -0.25) is 4.79 Å². The van der Waals surface area contributed by atoms with E-state index in [1.807, 2.05) is 37.3 Å². The Hall–Kier alpha value is -1.35. The van der Waals surface area contributed by atoms with Gasteiger partial charge in [0.1, 0.15) is 6.10 Å². The van der Waals surface area contributed by atoms with E-state index in [0.717, 1.165) is 5.56 Å². The number of carbonyl (C=O) groups excluding carboxylic acids is 1. The first-order valence-corrected chi connectivity index (χ1v) is 5.11. The van der Waals surface area contributed by atoms with Crippen LogP contribution in [-0.4, -0.2) is 18.2 Å². The summed E-state index contributed by atoms with van der Waals surface area (Å²) in [5.41, 5.74) is 1.13. The van der Waals surface area contributed by atoms with Crippen LogP contribution in [0, 0.1) is 0 Å². The highest BCUT2D eigenvalue weighted by molar-refractivity contribution is 5.75. The SMILES string of the molecule is C[C@@H](OCc1ccccc1)[C@H]1CC(=O)O1. The first-order valence-electron chi connectivity index (χ1n) is 5.11. The first-order chi connectivity index (χ1) is 7.25. The minimum atomic E-state index is -0.129. The van der Waals surface area contributed by atoms with E-state index < -0.39 is 0 Å². The Bertz CT molecular complexity index is 326. The summed E-state index contributed by atoms with van der Waals surface area (Å²) in [6.45, 7) is 2.50. The molecule has 0 amide bonds. The molecule has 1 aromatic carbocycles. The minimum absolute atomic E-state index is 0.0251. The smallest absolute Gasteiger partial charge is 0.310 e. The molecule has 1 fully saturated rings.